The van der Waals surface area contributed by atoms with Crippen molar-refractivity contribution in [2.24, 2.45) is 0 Å². The Labute approximate surface area is 125 Å². The lowest BCUT2D eigenvalue weighted by atomic mass is 10.2. The molecule has 0 saturated heterocycles. The molecule has 6 heteroatoms. The van der Waals surface area contributed by atoms with E-state index in [1.807, 2.05) is 0 Å². The van der Waals surface area contributed by atoms with E-state index in [0.717, 1.165) is 12.8 Å². The van der Waals surface area contributed by atoms with Crippen molar-refractivity contribution in [1.82, 2.24) is 10.2 Å². The largest absolute Gasteiger partial charge is 0.472 e. The van der Waals surface area contributed by atoms with Crippen LogP contribution in [0.25, 0.3) is 0 Å². The van der Waals surface area contributed by atoms with Gasteiger partial charge in [-0.15, -0.1) is 0 Å². The molecule has 1 aromatic rings. The van der Waals surface area contributed by atoms with Gasteiger partial charge in [0.25, 0.3) is 5.91 Å². The predicted octanol–water partition coefficient (Wildman–Crippen LogP) is 1.67. The summed E-state index contributed by atoms with van der Waals surface area (Å²) in [6, 6.07) is 1.61. The lowest BCUT2D eigenvalue weighted by molar-refractivity contribution is -0.121. The highest BCUT2D eigenvalue weighted by Crippen LogP contribution is 2.06. The molecule has 0 aromatic carbocycles. The third-order valence-electron chi connectivity index (χ3n) is 3.08. The molecule has 0 radical (unpaired) electrons. The minimum Gasteiger partial charge on any atom is -0.472 e. The molecule has 0 aliphatic rings. The number of hydrogen-bond acceptors (Lipinski definition) is 4. The SMILES string of the molecule is CCCCNC(=O)CCN(CCOC)C(=O)c1ccoc1. The summed E-state index contributed by atoms with van der Waals surface area (Å²) in [6.07, 6.45) is 5.16. The van der Waals surface area contributed by atoms with Gasteiger partial charge in [0.2, 0.25) is 5.91 Å². The molecule has 0 aliphatic heterocycles. The topological polar surface area (TPSA) is 71.8 Å². The van der Waals surface area contributed by atoms with Gasteiger partial charge in [0.1, 0.15) is 6.26 Å². The van der Waals surface area contributed by atoms with Crippen LogP contribution in [-0.4, -0.2) is 50.1 Å². The zero-order valence-corrected chi connectivity index (χ0v) is 12.8. The average Bonchev–Trinajstić information content (AvgIpc) is 3.01. The zero-order chi connectivity index (χ0) is 15.5. The van der Waals surface area contributed by atoms with E-state index in [9.17, 15) is 9.59 Å². The maximum Gasteiger partial charge on any atom is 0.257 e. The highest BCUT2D eigenvalue weighted by atomic mass is 16.5. The van der Waals surface area contributed by atoms with Crippen molar-refractivity contribution >= 4 is 11.8 Å². The van der Waals surface area contributed by atoms with Crippen LogP contribution in [0.4, 0.5) is 0 Å². The van der Waals surface area contributed by atoms with Gasteiger partial charge in [-0.3, -0.25) is 9.59 Å². The van der Waals surface area contributed by atoms with Crippen molar-refractivity contribution in [3.8, 4) is 0 Å². The highest BCUT2D eigenvalue weighted by Gasteiger charge is 2.17. The molecule has 0 saturated carbocycles. The number of methoxy groups -OCH3 is 1. The minimum absolute atomic E-state index is 0.0362. The maximum absolute atomic E-state index is 12.3. The first kappa shape index (κ1) is 17.2. The molecule has 0 bridgehead atoms. The van der Waals surface area contributed by atoms with Crippen LogP contribution in [0.2, 0.25) is 0 Å². The second-order valence-corrected chi connectivity index (χ2v) is 4.75. The Kier molecular flexibility index (Phi) is 8.19. The van der Waals surface area contributed by atoms with Gasteiger partial charge in [0.15, 0.2) is 0 Å². The molecule has 0 spiro atoms. The van der Waals surface area contributed by atoms with Crippen LogP contribution in [0.3, 0.4) is 0 Å². The summed E-state index contributed by atoms with van der Waals surface area (Å²) in [6.45, 7) is 4.00. The van der Waals surface area contributed by atoms with E-state index in [0.29, 0.717) is 31.8 Å². The first-order valence-electron chi connectivity index (χ1n) is 7.26. The van der Waals surface area contributed by atoms with Crippen molar-refractivity contribution in [1.29, 1.82) is 0 Å². The molecule has 21 heavy (non-hydrogen) atoms. The van der Waals surface area contributed by atoms with E-state index < -0.39 is 0 Å². The molecular weight excluding hydrogens is 272 g/mol. The molecule has 1 rings (SSSR count). The van der Waals surface area contributed by atoms with Crippen molar-refractivity contribution < 1.29 is 18.7 Å². The van der Waals surface area contributed by atoms with Gasteiger partial charge in [0, 0.05) is 33.2 Å². The molecule has 6 nitrogen and oxygen atoms in total. The number of carbonyl (C=O) groups excluding carboxylic acids is 2. The molecular formula is C15H24N2O4. The Morgan fingerprint density at radius 3 is 2.81 bits per heavy atom. The van der Waals surface area contributed by atoms with Gasteiger partial charge in [-0.25, -0.2) is 0 Å². The molecule has 0 fully saturated rings. The van der Waals surface area contributed by atoms with E-state index in [1.54, 1.807) is 18.1 Å². The molecule has 1 N–H and O–H groups in total. The summed E-state index contributed by atoms with van der Waals surface area (Å²) in [5.41, 5.74) is 0.484. The molecule has 2 amide bonds. The first-order chi connectivity index (χ1) is 10.2. The zero-order valence-electron chi connectivity index (χ0n) is 12.8. The second-order valence-electron chi connectivity index (χ2n) is 4.75. The number of nitrogens with zero attached hydrogens (tertiary/aromatic N) is 1. The second kappa shape index (κ2) is 9.99. The Bertz CT molecular complexity index is 417. The number of hydrogen-bond donors (Lipinski definition) is 1. The highest BCUT2D eigenvalue weighted by molar-refractivity contribution is 5.94. The fourth-order valence-corrected chi connectivity index (χ4v) is 1.81. The van der Waals surface area contributed by atoms with Crippen molar-refractivity contribution in [3.05, 3.63) is 24.2 Å². The Morgan fingerprint density at radius 2 is 2.19 bits per heavy atom. The van der Waals surface area contributed by atoms with Gasteiger partial charge in [-0.05, 0) is 12.5 Å². The molecule has 1 heterocycles. The van der Waals surface area contributed by atoms with Crippen molar-refractivity contribution in [3.63, 3.8) is 0 Å². The number of rotatable bonds is 10. The first-order valence-corrected chi connectivity index (χ1v) is 7.26. The van der Waals surface area contributed by atoms with Crippen LogP contribution in [0.1, 0.15) is 36.5 Å². The molecule has 1 aromatic heterocycles. The summed E-state index contributed by atoms with van der Waals surface area (Å²) < 4.78 is 9.93. The van der Waals surface area contributed by atoms with E-state index in [2.05, 4.69) is 12.2 Å². The summed E-state index contributed by atoms with van der Waals surface area (Å²) in [4.78, 5) is 25.6. The van der Waals surface area contributed by atoms with E-state index in [4.69, 9.17) is 9.15 Å². The summed E-state index contributed by atoms with van der Waals surface area (Å²) in [5, 5.41) is 2.84. The number of furan rings is 1. The van der Waals surface area contributed by atoms with Gasteiger partial charge in [-0.2, -0.15) is 0 Å². The van der Waals surface area contributed by atoms with Crippen molar-refractivity contribution in [2.45, 2.75) is 26.2 Å². The summed E-state index contributed by atoms with van der Waals surface area (Å²) in [5.74, 6) is -0.187. The predicted molar refractivity (Wildman–Crippen MR) is 79.0 cm³/mol. The third-order valence-corrected chi connectivity index (χ3v) is 3.08. The number of nitrogens with one attached hydrogen (secondary N) is 1. The summed E-state index contributed by atoms with van der Waals surface area (Å²) in [7, 11) is 1.58. The number of ether oxygens (including phenoxy) is 1. The molecule has 118 valence electrons. The van der Waals surface area contributed by atoms with Gasteiger partial charge in [0.05, 0.1) is 18.4 Å². The van der Waals surface area contributed by atoms with E-state index >= 15 is 0 Å². The quantitative estimate of drug-likeness (QED) is 0.667. The Morgan fingerprint density at radius 1 is 1.38 bits per heavy atom. The molecule has 0 atom stereocenters. The number of unbranched alkanes of at least 4 members (excludes halogenated alkanes) is 1. The molecule has 0 aliphatic carbocycles. The lowest BCUT2D eigenvalue weighted by Gasteiger charge is -2.21. The molecule has 0 unspecified atom stereocenters. The van der Waals surface area contributed by atoms with Gasteiger partial charge in [-0.1, -0.05) is 13.3 Å². The van der Waals surface area contributed by atoms with Crippen LogP contribution < -0.4 is 5.32 Å². The minimum atomic E-state index is -0.151. The third kappa shape index (κ3) is 6.44. The van der Waals surface area contributed by atoms with Crippen LogP contribution in [0.5, 0.6) is 0 Å². The average molecular weight is 296 g/mol. The normalized spacial score (nSPS) is 10.4. The van der Waals surface area contributed by atoms with Crippen LogP contribution in [0, 0.1) is 0 Å². The van der Waals surface area contributed by atoms with Crippen LogP contribution in [-0.2, 0) is 9.53 Å². The smallest absolute Gasteiger partial charge is 0.257 e. The maximum atomic E-state index is 12.3. The fraction of sp³-hybridized carbons (Fsp3) is 0.600. The Hall–Kier alpha value is -1.82. The standard InChI is InChI=1S/C15H24N2O4/c1-3-4-7-16-14(18)5-8-17(9-11-20-2)15(19)13-6-10-21-12-13/h6,10,12H,3-5,7-9,11H2,1-2H3,(H,16,18). The number of amides is 2. The Balaban J connectivity index is 2.46. The van der Waals surface area contributed by atoms with Crippen molar-refractivity contribution in [2.75, 3.05) is 33.4 Å². The number of carbonyl (C=O) groups is 2. The van der Waals surface area contributed by atoms with E-state index in [-0.39, 0.29) is 18.2 Å². The van der Waals surface area contributed by atoms with Crippen LogP contribution in [0.15, 0.2) is 23.0 Å². The van der Waals surface area contributed by atoms with Crippen LogP contribution >= 0.6 is 0 Å². The summed E-state index contributed by atoms with van der Waals surface area (Å²) >= 11 is 0. The monoisotopic (exact) mass is 296 g/mol. The lowest BCUT2D eigenvalue weighted by Crippen LogP contribution is -2.37. The van der Waals surface area contributed by atoms with E-state index in [1.165, 1.54) is 12.5 Å². The van der Waals surface area contributed by atoms with Gasteiger partial charge < -0.3 is 19.4 Å². The fourth-order valence-electron chi connectivity index (χ4n) is 1.81. The van der Waals surface area contributed by atoms with Gasteiger partial charge >= 0.3 is 0 Å².